The zero-order chi connectivity index (χ0) is 51.6. The van der Waals surface area contributed by atoms with Crippen molar-refractivity contribution in [3.8, 4) is 5.75 Å². The van der Waals surface area contributed by atoms with Gasteiger partial charge in [-0.15, -0.1) is 0 Å². The number of nitrogens with one attached hydrogen (secondary N) is 3. The van der Waals surface area contributed by atoms with Crippen LogP contribution in [0.1, 0.15) is 78.7 Å². The molecule has 23 heteroatoms. The summed E-state index contributed by atoms with van der Waals surface area (Å²) in [5, 5.41) is 32.3. The van der Waals surface area contributed by atoms with Crippen molar-refractivity contribution < 1.29 is 50.5 Å². The molecule has 0 aliphatic carbocycles. The van der Waals surface area contributed by atoms with E-state index in [1.165, 1.54) is 31.2 Å². The first-order valence-electron chi connectivity index (χ1n) is 23.0. The van der Waals surface area contributed by atoms with Crippen molar-refractivity contribution >= 4 is 57.4 Å². The van der Waals surface area contributed by atoms with Crippen LogP contribution in [0.2, 0.25) is 25.7 Å². The molecular formula is C46H69N7O13S2Si. The molecule has 3 rings (SSSR count). The molecule has 3 aromatic rings. The molecule has 0 heterocycles. The number of alkyl carbamates (subject to hydrolysis) is 1. The first-order valence-corrected chi connectivity index (χ1v) is 29.6. The third-order valence-corrected chi connectivity index (χ3v) is 16.3. The average Bonchev–Trinajstić information content (AvgIpc) is 3.26. The van der Waals surface area contributed by atoms with E-state index in [1.54, 1.807) is 24.3 Å². The van der Waals surface area contributed by atoms with Gasteiger partial charge in [0.2, 0.25) is 31.9 Å². The lowest BCUT2D eigenvalue weighted by Crippen LogP contribution is -2.48. The first kappa shape index (κ1) is 57.8. The van der Waals surface area contributed by atoms with Crippen molar-refractivity contribution in [2.24, 2.45) is 0 Å². The van der Waals surface area contributed by atoms with Crippen molar-refractivity contribution in [2.75, 3.05) is 39.3 Å². The second kappa shape index (κ2) is 26.5. The Hall–Kier alpha value is -5.49. The van der Waals surface area contributed by atoms with E-state index >= 15 is 0 Å². The summed E-state index contributed by atoms with van der Waals surface area (Å²) in [7, 11) is -10.7. The third-order valence-electron chi connectivity index (χ3n) is 10.6. The molecule has 20 nitrogen and oxygen atoms in total. The van der Waals surface area contributed by atoms with Gasteiger partial charge >= 0.3 is 6.09 Å². The van der Waals surface area contributed by atoms with Crippen LogP contribution >= 0.6 is 0 Å². The maximum Gasteiger partial charge on any atom is 0.407 e. The fourth-order valence-corrected chi connectivity index (χ4v) is 11.2. The number of sulfonamides is 2. The molecule has 0 spiro atoms. The highest BCUT2D eigenvalue weighted by atomic mass is 32.2. The number of benzene rings is 3. The average molecular weight is 1020 g/mol. The molecular weight excluding hydrogens is 951 g/mol. The molecule has 0 fully saturated rings. The molecule has 0 radical (unpaired) electrons. The van der Waals surface area contributed by atoms with Gasteiger partial charge in [0, 0.05) is 71.8 Å². The minimum atomic E-state index is -4.67. The van der Waals surface area contributed by atoms with Crippen LogP contribution in [-0.4, -0.2) is 118 Å². The number of rotatable bonds is 29. The molecule has 0 aromatic heterocycles. The van der Waals surface area contributed by atoms with Crippen molar-refractivity contribution in [1.29, 1.82) is 0 Å². The minimum absolute atomic E-state index is 0.00376. The quantitative estimate of drug-likeness (QED) is 0.0273. The van der Waals surface area contributed by atoms with Gasteiger partial charge in [0.15, 0.2) is 9.79 Å². The molecule has 0 bridgehead atoms. The number of carbonyl (C=O) groups is 3. The Bertz CT molecular complexity index is 2430. The van der Waals surface area contributed by atoms with Gasteiger partial charge in [0.1, 0.15) is 17.4 Å². The number of para-hydroxylation sites is 2. The zero-order valence-corrected chi connectivity index (χ0v) is 43.5. The first-order chi connectivity index (χ1) is 32.3. The van der Waals surface area contributed by atoms with Gasteiger partial charge in [0.25, 0.3) is 11.4 Å². The number of amides is 3. The van der Waals surface area contributed by atoms with Gasteiger partial charge < -0.3 is 25.4 Å². The number of carbonyl (C=O) groups excluding carboxylic acids is 3. The van der Waals surface area contributed by atoms with Crippen molar-refractivity contribution in [3.05, 3.63) is 98.6 Å². The highest BCUT2D eigenvalue weighted by Gasteiger charge is 2.36. The highest BCUT2D eigenvalue weighted by molar-refractivity contribution is 7.89. The van der Waals surface area contributed by atoms with Crippen LogP contribution in [0.15, 0.2) is 82.6 Å². The summed E-state index contributed by atoms with van der Waals surface area (Å²) >= 11 is 0. The van der Waals surface area contributed by atoms with Crippen LogP contribution in [0.25, 0.3) is 0 Å². The van der Waals surface area contributed by atoms with Crippen LogP contribution in [0, 0.1) is 20.2 Å². The largest absolute Gasteiger partial charge is 0.488 e. The van der Waals surface area contributed by atoms with Crippen molar-refractivity contribution in [1.82, 2.24) is 24.6 Å². The summed E-state index contributed by atoms with van der Waals surface area (Å²) < 4.78 is 70.5. The van der Waals surface area contributed by atoms with E-state index in [0.29, 0.717) is 18.6 Å². The van der Waals surface area contributed by atoms with Gasteiger partial charge in [-0.25, -0.2) is 21.6 Å². The lowest BCUT2D eigenvalue weighted by molar-refractivity contribution is -0.388. The summed E-state index contributed by atoms with van der Waals surface area (Å²) in [4.78, 5) is 59.9. The highest BCUT2D eigenvalue weighted by Crippen LogP contribution is 2.30. The number of hydrogen-bond acceptors (Lipinski definition) is 13. The second-order valence-electron chi connectivity index (χ2n) is 18.8. The van der Waals surface area contributed by atoms with Crippen LogP contribution < -0.4 is 20.7 Å². The maximum absolute atomic E-state index is 14.4. The number of nitro benzene ring substituents is 2. The number of nitro groups is 2. The molecule has 382 valence electrons. The van der Waals surface area contributed by atoms with Gasteiger partial charge in [0.05, 0.1) is 16.5 Å². The molecule has 3 aromatic carbocycles. The Labute approximate surface area is 407 Å². The summed E-state index contributed by atoms with van der Waals surface area (Å²) in [6.07, 6.45) is 0.579. The van der Waals surface area contributed by atoms with E-state index in [1.807, 2.05) is 27.7 Å². The lowest BCUT2D eigenvalue weighted by atomic mass is 10.0. The second-order valence-corrected chi connectivity index (χ2v) is 28.2. The number of ether oxygens (including phenoxy) is 2. The van der Waals surface area contributed by atoms with Gasteiger partial charge in [-0.1, -0.05) is 63.0 Å². The SMILES string of the molecule is CCCC(=O)NC(Cc1ccc(OC(C)(C)C)cc1)C(=O)NCCCN(C(C)CCN(CCCCNC(=O)OCC[Si](C)(C)C)S(=O)(=O)c1ccccc1[N+](=O)[O-])S(=O)(=O)c1ccccc1[N+](=O)[O-]. The standard InChI is InChI=1S/C46H69N7O13S2Si/c1-9-17-43(54)49-38(34-36-22-24-37(25-23-36)66-46(3,4)5)44(55)47-28-16-30-51(68(63,64)42-21-13-11-19-40(42)53(59)60)35(2)26-31-50(67(61,62)41-20-12-10-18-39(41)52(57)58)29-15-14-27-48-45(56)65-32-33-69(6,7)8/h10-13,18-25,35,38H,9,14-17,26-34H2,1-8H3,(H,47,55)(H,48,56)(H,49,54). The predicted octanol–water partition coefficient (Wildman–Crippen LogP) is 7.02. The van der Waals surface area contributed by atoms with E-state index in [0.717, 1.165) is 44.5 Å². The van der Waals surface area contributed by atoms with Crippen LogP contribution in [0.5, 0.6) is 5.75 Å². The molecule has 0 aliphatic rings. The van der Waals surface area contributed by atoms with E-state index in [4.69, 9.17) is 9.47 Å². The monoisotopic (exact) mass is 1020 g/mol. The Morgan fingerprint density at radius 2 is 1.33 bits per heavy atom. The normalized spacial score (nSPS) is 13.1. The molecule has 2 atom stereocenters. The molecule has 3 amide bonds. The van der Waals surface area contributed by atoms with Crippen LogP contribution in [0.3, 0.4) is 0 Å². The smallest absolute Gasteiger partial charge is 0.407 e. The van der Waals surface area contributed by atoms with E-state index < -0.39 is 88.8 Å². The molecule has 2 unspecified atom stereocenters. The topological polar surface area (TPSA) is 267 Å². The van der Waals surface area contributed by atoms with Crippen LogP contribution in [0.4, 0.5) is 16.2 Å². The lowest BCUT2D eigenvalue weighted by Gasteiger charge is -2.30. The summed E-state index contributed by atoms with van der Waals surface area (Å²) in [6.45, 7) is 15.1. The molecule has 3 N–H and O–H groups in total. The van der Waals surface area contributed by atoms with Gasteiger partial charge in [-0.3, -0.25) is 29.8 Å². The van der Waals surface area contributed by atoms with E-state index in [2.05, 4.69) is 35.6 Å². The Morgan fingerprint density at radius 3 is 1.88 bits per heavy atom. The number of hydrogen-bond donors (Lipinski definition) is 3. The predicted molar refractivity (Wildman–Crippen MR) is 265 cm³/mol. The molecule has 0 saturated heterocycles. The fourth-order valence-electron chi connectivity index (χ4n) is 6.98. The molecule has 69 heavy (non-hydrogen) atoms. The van der Waals surface area contributed by atoms with Crippen molar-refractivity contribution in [2.45, 2.75) is 133 Å². The molecule has 0 saturated carbocycles. The van der Waals surface area contributed by atoms with E-state index in [9.17, 15) is 51.4 Å². The fraction of sp³-hybridized carbons (Fsp3) is 0.543. The van der Waals surface area contributed by atoms with E-state index in [-0.39, 0.29) is 77.3 Å². The third kappa shape index (κ3) is 19.1. The minimum Gasteiger partial charge on any atom is -0.488 e. The van der Waals surface area contributed by atoms with Crippen LogP contribution in [-0.2, 0) is 40.8 Å². The van der Waals surface area contributed by atoms with Gasteiger partial charge in [-0.05, 0) is 95.7 Å². The Kier molecular flexibility index (Phi) is 22.2. The number of unbranched alkanes of at least 4 members (excludes halogenated alkanes) is 1. The Balaban J connectivity index is 1.86. The Morgan fingerprint density at radius 1 is 0.768 bits per heavy atom. The van der Waals surface area contributed by atoms with Crippen molar-refractivity contribution in [3.63, 3.8) is 0 Å². The molecule has 0 aliphatic heterocycles. The summed E-state index contributed by atoms with van der Waals surface area (Å²) in [6, 6.07) is 15.6. The number of nitrogens with zero attached hydrogens (tertiary/aromatic N) is 4. The maximum atomic E-state index is 14.4. The summed E-state index contributed by atoms with van der Waals surface area (Å²) in [5.74, 6) is -0.230. The zero-order valence-electron chi connectivity index (χ0n) is 40.9. The summed E-state index contributed by atoms with van der Waals surface area (Å²) in [5.41, 5.74) is -1.02. The van der Waals surface area contributed by atoms with Gasteiger partial charge in [-0.2, -0.15) is 8.61 Å².